The Morgan fingerprint density at radius 2 is 2.24 bits per heavy atom. The lowest BCUT2D eigenvalue weighted by Gasteiger charge is -2.14. The molecule has 1 aromatic heterocycles. The number of esters is 1. The maximum atomic E-state index is 11.4. The summed E-state index contributed by atoms with van der Waals surface area (Å²) < 4.78 is 4.73. The number of thioether (sulfide) groups is 1. The van der Waals surface area contributed by atoms with Crippen LogP contribution >= 0.6 is 11.8 Å². The van der Waals surface area contributed by atoms with E-state index in [1.807, 2.05) is 6.92 Å². The molecule has 0 aliphatic heterocycles. The van der Waals surface area contributed by atoms with Crippen LogP contribution < -0.4 is 5.32 Å². The van der Waals surface area contributed by atoms with Gasteiger partial charge in [0, 0.05) is 18.1 Å². The second kappa shape index (κ2) is 8.03. The number of nitrogens with one attached hydrogen (secondary N) is 1. The van der Waals surface area contributed by atoms with Gasteiger partial charge in [-0.1, -0.05) is 18.7 Å². The Balaban J connectivity index is 2.34. The zero-order valence-electron chi connectivity index (χ0n) is 10.0. The molecule has 0 aromatic carbocycles. The third-order valence-corrected chi connectivity index (χ3v) is 3.02. The molecule has 0 saturated heterocycles. The maximum Gasteiger partial charge on any atom is 0.322 e. The van der Waals surface area contributed by atoms with Gasteiger partial charge >= 0.3 is 5.97 Å². The van der Waals surface area contributed by atoms with E-state index in [9.17, 15) is 4.79 Å². The van der Waals surface area contributed by atoms with Crippen molar-refractivity contribution in [2.75, 3.05) is 19.4 Å². The Bertz CT molecular complexity index is 335. The summed E-state index contributed by atoms with van der Waals surface area (Å²) in [7, 11) is 1.40. The SMILES string of the molecule is CCNC(CCSc1ncccn1)C(=O)OC. The molecule has 0 bridgehead atoms. The van der Waals surface area contributed by atoms with E-state index in [4.69, 9.17) is 4.74 Å². The fourth-order valence-corrected chi connectivity index (χ4v) is 2.13. The molecule has 1 aromatic rings. The third-order valence-electron chi connectivity index (χ3n) is 2.12. The van der Waals surface area contributed by atoms with Gasteiger partial charge < -0.3 is 10.1 Å². The molecule has 0 radical (unpaired) electrons. The van der Waals surface area contributed by atoms with Crippen LogP contribution in [0.25, 0.3) is 0 Å². The predicted octanol–water partition coefficient (Wildman–Crippen LogP) is 1.11. The number of carbonyl (C=O) groups excluding carboxylic acids is 1. The average Bonchev–Trinajstić information content (AvgIpc) is 2.38. The summed E-state index contributed by atoms with van der Waals surface area (Å²) in [5, 5.41) is 3.82. The second-order valence-electron chi connectivity index (χ2n) is 3.30. The molecule has 0 saturated carbocycles. The summed E-state index contributed by atoms with van der Waals surface area (Å²) in [5.74, 6) is 0.554. The van der Waals surface area contributed by atoms with Crippen LogP contribution in [-0.4, -0.2) is 41.4 Å². The number of aromatic nitrogens is 2. The smallest absolute Gasteiger partial charge is 0.322 e. The van der Waals surface area contributed by atoms with Crippen molar-refractivity contribution >= 4 is 17.7 Å². The van der Waals surface area contributed by atoms with E-state index in [0.29, 0.717) is 6.42 Å². The first-order valence-corrected chi connectivity index (χ1v) is 6.47. The number of hydrogen-bond acceptors (Lipinski definition) is 6. The van der Waals surface area contributed by atoms with Crippen LogP contribution in [0.5, 0.6) is 0 Å². The molecule has 0 aliphatic carbocycles. The highest BCUT2D eigenvalue weighted by atomic mass is 32.2. The number of carbonyl (C=O) groups is 1. The molecular formula is C11H17N3O2S. The third kappa shape index (κ3) is 5.14. The molecule has 17 heavy (non-hydrogen) atoms. The van der Waals surface area contributed by atoms with Crippen LogP contribution in [0.1, 0.15) is 13.3 Å². The van der Waals surface area contributed by atoms with Crippen molar-refractivity contribution in [3.63, 3.8) is 0 Å². The lowest BCUT2D eigenvalue weighted by atomic mass is 10.2. The van der Waals surface area contributed by atoms with E-state index in [-0.39, 0.29) is 12.0 Å². The number of likely N-dealkylation sites (N-methyl/N-ethyl adjacent to an activating group) is 1. The van der Waals surface area contributed by atoms with Gasteiger partial charge in [0.15, 0.2) is 5.16 Å². The molecule has 1 rings (SSSR count). The minimum absolute atomic E-state index is 0.221. The fraction of sp³-hybridized carbons (Fsp3) is 0.545. The van der Waals surface area contributed by atoms with Crippen LogP contribution in [0.4, 0.5) is 0 Å². The Kier molecular flexibility index (Phi) is 6.57. The van der Waals surface area contributed by atoms with Crippen LogP contribution in [0.3, 0.4) is 0 Å². The molecule has 6 heteroatoms. The zero-order chi connectivity index (χ0) is 12.5. The van der Waals surface area contributed by atoms with Gasteiger partial charge in [0.1, 0.15) is 6.04 Å². The molecular weight excluding hydrogens is 238 g/mol. The number of nitrogens with zero attached hydrogens (tertiary/aromatic N) is 2. The topological polar surface area (TPSA) is 64.1 Å². The summed E-state index contributed by atoms with van der Waals surface area (Å²) >= 11 is 1.53. The van der Waals surface area contributed by atoms with E-state index in [2.05, 4.69) is 15.3 Å². The van der Waals surface area contributed by atoms with Crippen molar-refractivity contribution in [3.8, 4) is 0 Å². The van der Waals surface area contributed by atoms with Crippen molar-refractivity contribution in [2.45, 2.75) is 24.5 Å². The molecule has 1 unspecified atom stereocenters. The largest absolute Gasteiger partial charge is 0.468 e. The summed E-state index contributed by atoms with van der Waals surface area (Å²) in [6, 6.07) is 1.53. The molecule has 1 N–H and O–H groups in total. The molecule has 1 atom stereocenters. The standard InChI is InChI=1S/C11H17N3O2S/c1-3-12-9(10(15)16-2)5-8-17-11-13-6-4-7-14-11/h4,6-7,9,12H,3,5,8H2,1-2H3. The first kappa shape index (κ1) is 13.9. The summed E-state index contributed by atoms with van der Waals surface area (Å²) in [6.07, 6.45) is 4.11. The van der Waals surface area contributed by atoms with Gasteiger partial charge in [-0.3, -0.25) is 4.79 Å². The molecule has 1 heterocycles. The zero-order valence-corrected chi connectivity index (χ0v) is 10.9. The summed E-state index contributed by atoms with van der Waals surface area (Å²) in [4.78, 5) is 19.6. The number of rotatable bonds is 7. The molecule has 0 fully saturated rings. The van der Waals surface area contributed by atoms with E-state index in [1.165, 1.54) is 18.9 Å². The Hall–Kier alpha value is -1.14. The van der Waals surface area contributed by atoms with E-state index >= 15 is 0 Å². The molecule has 0 aliphatic rings. The summed E-state index contributed by atoms with van der Waals surface area (Å²) in [5.41, 5.74) is 0. The van der Waals surface area contributed by atoms with Crippen molar-refractivity contribution in [3.05, 3.63) is 18.5 Å². The fourth-order valence-electron chi connectivity index (χ4n) is 1.32. The minimum Gasteiger partial charge on any atom is -0.468 e. The normalized spacial score (nSPS) is 12.1. The number of hydrogen-bond donors (Lipinski definition) is 1. The Morgan fingerprint density at radius 3 is 2.82 bits per heavy atom. The Labute approximate surface area is 105 Å². The minimum atomic E-state index is -0.249. The van der Waals surface area contributed by atoms with Gasteiger partial charge in [-0.25, -0.2) is 9.97 Å². The van der Waals surface area contributed by atoms with Crippen molar-refractivity contribution < 1.29 is 9.53 Å². The first-order valence-electron chi connectivity index (χ1n) is 5.49. The quantitative estimate of drug-likeness (QED) is 0.447. The van der Waals surface area contributed by atoms with Crippen LogP contribution in [0, 0.1) is 0 Å². The van der Waals surface area contributed by atoms with Crippen LogP contribution in [0.2, 0.25) is 0 Å². The number of ether oxygens (including phenoxy) is 1. The Morgan fingerprint density at radius 1 is 1.53 bits per heavy atom. The molecule has 0 amide bonds. The van der Waals surface area contributed by atoms with Crippen LogP contribution in [-0.2, 0) is 9.53 Å². The van der Waals surface area contributed by atoms with Gasteiger partial charge in [0.2, 0.25) is 0 Å². The lowest BCUT2D eigenvalue weighted by molar-refractivity contribution is -0.143. The molecule has 5 nitrogen and oxygen atoms in total. The van der Waals surface area contributed by atoms with Crippen LogP contribution in [0.15, 0.2) is 23.6 Å². The van der Waals surface area contributed by atoms with Gasteiger partial charge in [0.25, 0.3) is 0 Å². The van der Waals surface area contributed by atoms with E-state index < -0.39 is 0 Å². The van der Waals surface area contributed by atoms with Gasteiger partial charge in [-0.2, -0.15) is 0 Å². The first-order chi connectivity index (χ1) is 8.27. The van der Waals surface area contributed by atoms with Crippen molar-refractivity contribution in [2.24, 2.45) is 0 Å². The molecule has 94 valence electrons. The highest BCUT2D eigenvalue weighted by Gasteiger charge is 2.17. The second-order valence-corrected chi connectivity index (χ2v) is 4.36. The van der Waals surface area contributed by atoms with Gasteiger partial charge in [-0.05, 0) is 19.0 Å². The van der Waals surface area contributed by atoms with Crippen molar-refractivity contribution in [1.29, 1.82) is 0 Å². The van der Waals surface area contributed by atoms with E-state index in [1.54, 1.807) is 18.5 Å². The van der Waals surface area contributed by atoms with Gasteiger partial charge in [0.05, 0.1) is 7.11 Å². The average molecular weight is 255 g/mol. The number of methoxy groups -OCH3 is 1. The monoisotopic (exact) mass is 255 g/mol. The lowest BCUT2D eigenvalue weighted by Crippen LogP contribution is -2.37. The highest BCUT2D eigenvalue weighted by Crippen LogP contribution is 2.13. The van der Waals surface area contributed by atoms with Crippen molar-refractivity contribution in [1.82, 2.24) is 15.3 Å². The maximum absolute atomic E-state index is 11.4. The van der Waals surface area contributed by atoms with Gasteiger partial charge in [-0.15, -0.1) is 0 Å². The predicted molar refractivity (Wildman–Crippen MR) is 66.9 cm³/mol. The summed E-state index contributed by atoms with van der Waals surface area (Å²) in [6.45, 7) is 2.70. The molecule has 0 spiro atoms. The van der Waals surface area contributed by atoms with E-state index in [0.717, 1.165) is 17.5 Å². The highest BCUT2D eigenvalue weighted by molar-refractivity contribution is 7.99.